The SMILES string of the molecule is CCCCCS(=O)(=O)Oc1ccsc1. The van der Waals surface area contributed by atoms with E-state index in [1.54, 1.807) is 16.8 Å². The topological polar surface area (TPSA) is 43.4 Å². The smallest absolute Gasteiger partial charge is 0.309 e. The van der Waals surface area contributed by atoms with Crippen molar-refractivity contribution in [3.05, 3.63) is 16.8 Å². The molecule has 1 aromatic heterocycles. The Bertz CT molecular complexity index is 340. The maximum atomic E-state index is 11.4. The summed E-state index contributed by atoms with van der Waals surface area (Å²) in [6.45, 7) is 2.03. The van der Waals surface area contributed by atoms with Crippen molar-refractivity contribution < 1.29 is 12.6 Å². The second-order valence-corrected chi connectivity index (χ2v) is 5.48. The zero-order valence-electron chi connectivity index (χ0n) is 8.10. The van der Waals surface area contributed by atoms with Gasteiger partial charge in [-0.1, -0.05) is 19.8 Å². The molecule has 0 aliphatic carbocycles. The fraction of sp³-hybridized carbons (Fsp3) is 0.556. The fourth-order valence-electron chi connectivity index (χ4n) is 1.02. The van der Waals surface area contributed by atoms with Crippen LogP contribution in [0.3, 0.4) is 0 Å². The second-order valence-electron chi connectivity index (χ2n) is 3.01. The predicted octanol–water partition coefficient (Wildman–Crippen LogP) is 2.65. The van der Waals surface area contributed by atoms with Gasteiger partial charge in [0.25, 0.3) is 0 Å². The number of unbranched alkanes of at least 4 members (excludes halogenated alkanes) is 2. The molecule has 1 heterocycles. The Morgan fingerprint density at radius 1 is 1.43 bits per heavy atom. The van der Waals surface area contributed by atoms with Crippen LogP contribution in [0.2, 0.25) is 0 Å². The molecule has 1 aromatic rings. The van der Waals surface area contributed by atoms with Gasteiger partial charge < -0.3 is 4.18 Å². The Labute approximate surface area is 88.8 Å². The first kappa shape index (κ1) is 11.5. The van der Waals surface area contributed by atoms with E-state index < -0.39 is 10.1 Å². The van der Waals surface area contributed by atoms with Gasteiger partial charge in [0.05, 0.1) is 5.75 Å². The molecule has 0 saturated heterocycles. The van der Waals surface area contributed by atoms with Crippen LogP contribution in [-0.2, 0) is 10.1 Å². The van der Waals surface area contributed by atoms with Crippen LogP contribution >= 0.6 is 11.3 Å². The molecule has 0 radical (unpaired) electrons. The minimum absolute atomic E-state index is 0.108. The fourth-order valence-corrected chi connectivity index (χ4v) is 2.67. The molecule has 80 valence electrons. The number of hydrogen-bond acceptors (Lipinski definition) is 4. The van der Waals surface area contributed by atoms with Crippen LogP contribution in [0.4, 0.5) is 0 Å². The van der Waals surface area contributed by atoms with Crippen molar-refractivity contribution >= 4 is 21.5 Å². The van der Waals surface area contributed by atoms with Gasteiger partial charge in [-0.2, -0.15) is 8.42 Å². The van der Waals surface area contributed by atoms with Crippen LogP contribution < -0.4 is 4.18 Å². The van der Waals surface area contributed by atoms with Crippen molar-refractivity contribution in [1.29, 1.82) is 0 Å². The molecule has 0 aliphatic heterocycles. The van der Waals surface area contributed by atoms with Crippen molar-refractivity contribution in [2.45, 2.75) is 26.2 Å². The van der Waals surface area contributed by atoms with E-state index in [1.807, 2.05) is 6.92 Å². The predicted molar refractivity (Wildman–Crippen MR) is 58.3 cm³/mol. The Balaban J connectivity index is 2.42. The quantitative estimate of drug-likeness (QED) is 0.561. The molecule has 1 rings (SSSR count). The van der Waals surface area contributed by atoms with Crippen molar-refractivity contribution in [3.8, 4) is 5.75 Å². The molecule has 0 aromatic carbocycles. The molecule has 0 N–H and O–H groups in total. The molecule has 14 heavy (non-hydrogen) atoms. The zero-order chi connectivity index (χ0) is 10.4. The average molecular weight is 234 g/mol. The van der Waals surface area contributed by atoms with Crippen LogP contribution in [0.25, 0.3) is 0 Å². The van der Waals surface area contributed by atoms with Gasteiger partial charge in [0.15, 0.2) is 5.75 Å². The Hall–Kier alpha value is -0.550. The van der Waals surface area contributed by atoms with Gasteiger partial charge in [-0.25, -0.2) is 0 Å². The van der Waals surface area contributed by atoms with Gasteiger partial charge in [-0.15, -0.1) is 11.3 Å². The van der Waals surface area contributed by atoms with Crippen LogP contribution in [0, 0.1) is 0 Å². The third kappa shape index (κ3) is 4.11. The van der Waals surface area contributed by atoms with Crippen molar-refractivity contribution in [3.63, 3.8) is 0 Å². The highest BCUT2D eigenvalue weighted by atomic mass is 32.2. The lowest BCUT2D eigenvalue weighted by molar-refractivity contribution is 0.484. The third-order valence-electron chi connectivity index (χ3n) is 1.72. The monoisotopic (exact) mass is 234 g/mol. The molecule has 0 saturated carbocycles. The van der Waals surface area contributed by atoms with Crippen molar-refractivity contribution in [2.24, 2.45) is 0 Å². The number of rotatable bonds is 6. The zero-order valence-corrected chi connectivity index (χ0v) is 9.73. The minimum atomic E-state index is -3.37. The van der Waals surface area contributed by atoms with E-state index in [9.17, 15) is 8.42 Å². The maximum Gasteiger partial charge on any atom is 0.309 e. The Morgan fingerprint density at radius 3 is 2.79 bits per heavy atom. The van der Waals surface area contributed by atoms with E-state index in [1.165, 1.54) is 11.3 Å². The molecular weight excluding hydrogens is 220 g/mol. The summed E-state index contributed by atoms with van der Waals surface area (Å²) in [6, 6.07) is 1.65. The highest BCUT2D eigenvalue weighted by Gasteiger charge is 2.11. The molecular formula is C9H14O3S2. The Kier molecular flexibility index (Phi) is 4.41. The minimum Gasteiger partial charge on any atom is -0.382 e. The van der Waals surface area contributed by atoms with Crippen molar-refractivity contribution in [1.82, 2.24) is 0 Å². The van der Waals surface area contributed by atoms with Gasteiger partial charge in [0, 0.05) is 5.38 Å². The first-order valence-corrected chi connectivity index (χ1v) is 7.10. The molecule has 0 aliphatic rings. The highest BCUT2D eigenvalue weighted by molar-refractivity contribution is 7.87. The lowest BCUT2D eigenvalue weighted by Crippen LogP contribution is -2.13. The molecule has 0 atom stereocenters. The summed E-state index contributed by atoms with van der Waals surface area (Å²) in [6.07, 6.45) is 2.60. The summed E-state index contributed by atoms with van der Waals surface area (Å²) >= 11 is 1.42. The summed E-state index contributed by atoms with van der Waals surface area (Å²) in [5.41, 5.74) is 0. The Morgan fingerprint density at radius 2 is 2.21 bits per heavy atom. The summed E-state index contributed by atoms with van der Waals surface area (Å²) < 4.78 is 27.6. The van der Waals surface area contributed by atoms with Crippen LogP contribution in [0.15, 0.2) is 16.8 Å². The van der Waals surface area contributed by atoms with E-state index in [0.717, 1.165) is 12.8 Å². The lowest BCUT2D eigenvalue weighted by atomic mass is 10.3. The first-order chi connectivity index (χ1) is 6.64. The highest BCUT2D eigenvalue weighted by Crippen LogP contribution is 2.17. The van der Waals surface area contributed by atoms with Gasteiger partial charge in [0.2, 0.25) is 0 Å². The standard InChI is InChI=1S/C9H14O3S2/c1-2-3-4-7-14(10,11)12-9-5-6-13-8-9/h5-6,8H,2-4,7H2,1H3. The van der Waals surface area contributed by atoms with E-state index in [-0.39, 0.29) is 5.75 Å². The van der Waals surface area contributed by atoms with E-state index in [2.05, 4.69) is 0 Å². The van der Waals surface area contributed by atoms with E-state index in [4.69, 9.17) is 4.18 Å². The normalized spacial score (nSPS) is 11.5. The largest absolute Gasteiger partial charge is 0.382 e. The third-order valence-corrected chi connectivity index (χ3v) is 3.61. The lowest BCUT2D eigenvalue weighted by Gasteiger charge is -2.03. The molecule has 0 bridgehead atoms. The van der Waals surface area contributed by atoms with E-state index >= 15 is 0 Å². The summed E-state index contributed by atoms with van der Waals surface area (Å²) in [5.74, 6) is 0.531. The summed E-state index contributed by atoms with van der Waals surface area (Å²) in [5, 5.41) is 3.47. The molecule has 0 amide bonds. The van der Waals surface area contributed by atoms with Gasteiger partial charge in [0.1, 0.15) is 0 Å². The average Bonchev–Trinajstić information content (AvgIpc) is 2.56. The van der Waals surface area contributed by atoms with Gasteiger partial charge in [-0.3, -0.25) is 0 Å². The molecule has 3 nitrogen and oxygen atoms in total. The van der Waals surface area contributed by atoms with Crippen LogP contribution in [0.1, 0.15) is 26.2 Å². The first-order valence-electron chi connectivity index (χ1n) is 4.58. The molecule has 0 fully saturated rings. The number of hydrogen-bond donors (Lipinski definition) is 0. The molecule has 0 spiro atoms. The molecule has 0 unspecified atom stereocenters. The van der Waals surface area contributed by atoms with E-state index in [0.29, 0.717) is 12.2 Å². The van der Waals surface area contributed by atoms with Crippen molar-refractivity contribution in [2.75, 3.05) is 5.75 Å². The maximum absolute atomic E-state index is 11.4. The second kappa shape index (κ2) is 5.36. The van der Waals surface area contributed by atoms with Crippen LogP contribution in [-0.4, -0.2) is 14.2 Å². The van der Waals surface area contributed by atoms with Gasteiger partial charge in [-0.05, 0) is 17.9 Å². The van der Waals surface area contributed by atoms with Gasteiger partial charge >= 0.3 is 10.1 Å². The summed E-state index contributed by atoms with van der Waals surface area (Å²) in [4.78, 5) is 0. The number of thiophene rings is 1. The molecule has 5 heteroatoms. The summed E-state index contributed by atoms with van der Waals surface area (Å²) in [7, 11) is -3.37. The van der Waals surface area contributed by atoms with Crippen LogP contribution in [0.5, 0.6) is 5.75 Å².